The molecule has 1 aliphatic rings. The molecule has 2 rings (SSSR count). The van der Waals surface area contributed by atoms with Crippen LogP contribution in [0.15, 0.2) is 18.2 Å². The first-order valence-corrected chi connectivity index (χ1v) is 5.77. The molecular formula is C12H13ClF4N2O. The van der Waals surface area contributed by atoms with Gasteiger partial charge in [-0.3, -0.25) is 4.79 Å². The lowest BCUT2D eigenvalue weighted by molar-refractivity contribution is -0.140. The fourth-order valence-electron chi connectivity index (χ4n) is 1.95. The Morgan fingerprint density at radius 2 is 1.80 bits per heavy atom. The zero-order valence-corrected chi connectivity index (χ0v) is 11.2. The highest BCUT2D eigenvalue weighted by Gasteiger charge is 2.36. The highest BCUT2D eigenvalue weighted by atomic mass is 35.5. The predicted molar refractivity (Wildman–Crippen MR) is 67.4 cm³/mol. The van der Waals surface area contributed by atoms with E-state index in [1.807, 2.05) is 0 Å². The number of hydrogen-bond donors (Lipinski definition) is 1. The van der Waals surface area contributed by atoms with E-state index in [4.69, 9.17) is 0 Å². The summed E-state index contributed by atoms with van der Waals surface area (Å²) in [6, 6.07) is 2.75. The Labute approximate surface area is 119 Å². The smallest absolute Gasteiger partial charge is 0.336 e. The number of amides is 1. The van der Waals surface area contributed by atoms with Crippen molar-refractivity contribution in [1.82, 2.24) is 10.2 Å². The van der Waals surface area contributed by atoms with Gasteiger partial charge in [-0.15, -0.1) is 12.4 Å². The zero-order chi connectivity index (χ0) is 14.0. The van der Waals surface area contributed by atoms with Crippen molar-refractivity contribution < 1.29 is 22.4 Å². The fraction of sp³-hybridized carbons (Fsp3) is 0.417. The molecule has 0 bridgehead atoms. The second-order valence-corrected chi connectivity index (χ2v) is 4.21. The van der Waals surface area contributed by atoms with Gasteiger partial charge in [-0.25, -0.2) is 4.39 Å². The van der Waals surface area contributed by atoms with E-state index in [2.05, 4.69) is 5.32 Å². The van der Waals surface area contributed by atoms with E-state index in [-0.39, 0.29) is 12.4 Å². The van der Waals surface area contributed by atoms with Crippen LogP contribution in [0, 0.1) is 5.82 Å². The van der Waals surface area contributed by atoms with E-state index in [0.29, 0.717) is 32.2 Å². The summed E-state index contributed by atoms with van der Waals surface area (Å²) in [5, 5.41) is 3.00. The summed E-state index contributed by atoms with van der Waals surface area (Å²) in [6.07, 6.45) is -4.80. The van der Waals surface area contributed by atoms with Crippen LogP contribution in [0.2, 0.25) is 0 Å². The van der Waals surface area contributed by atoms with Crippen molar-refractivity contribution in [3.63, 3.8) is 0 Å². The number of alkyl halides is 3. The molecule has 1 fully saturated rings. The Kier molecular flexibility index (Phi) is 5.35. The average molecular weight is 313 g/mol. The monoisotopic (exact) mass is 312 g/mol. The van der Waals surface area contributed by atoms with Gasteiger partial charge in [0.2, 0.25) is 0 Å². The third kappa shape index (κ3) is 3.40. The van der Waals surface area contributed by atoms with E-state index in [1.165, 1.54) is 4.90 Å². The molecule has 0 aliphatic carbocycles. The minimum atomic E-state index is -4.80. The highest BCUT2D eigenvalue weighted by Crippen LogP contribution is 2.32. The number of nitrogens with zero attached hydrogens (tertiary/aromatic N) is 1. The maximum Gasteiger partial charge on any atom is 0.419 e. The molecule has 0 radical (unpaired) electrons. The minimum absolute atomic E-state index is 0. The quantitative estimate of drug-likeness (QED) is 0.807. The van der Waals surface area contributed by atoms with Crippen LogP contribution in [0.3, 0.4) is 0 Å². The molecule has 1 aliphatic heterocycles. The summed E-state index contributed by atoms with van der Waals surface area (Å²) >= 11 is 0. The number of carbonyl (C=O) groups is 1. The summed E-state index contributed by atoms with van der Waals surface area (Å²) in [5.74, 6) is -2.20. The first-order chi connectivity index (χ1) is 8.91. The zero-order valence-electron chi connectivity index (χ0n) is 10.3. The fourth-order valence-corrected chi connectivity index (χ4v) is 1.95. The number of rotatable bonds is 1. The number of nitrogens with one attached hydrogen (secondary N) is 1. The largest absolute Gasteiger partial charge is 0.419 e. The number of halogens is 5. The molecule has 1 heterocycles. The molecule has 112 valence electrons. The topological polar surface area (TPSA) is 32.3 Å². The van der Waals surface area contributed by atoms with Crippen LogP contribution in [-0.2, 0) is 6.18 Å². The minimum Gasteiger partial charge on any atom is -0.336 e. The van der Waals surface area contributed by atoms with Crippen LogP contribution < -0.4 is 5.32 Å². The SMILES string of the molecule is Cl.O=C(c1cccc(C(F)(F)F)c1F)N1CCNCC1. The maximum atomic E-state index is 13.8. The molecule has 3 nitrogen and oxygen atoms in total. The first kappa shape index (κ1) is 16.7. The number of hydrogen-bond acceptors (Lipinski definition) is 2. The Morgan fingerprint density at radius 1 is 1.20 bits per heavy atom. The number of piperazine rings is 1. The van der Waals surface area contributed by atoms with Crippen molar-refractivity contribution >= 4 is 18.3 Å². The normalized spacial score (nSPS) is 15.7. The third-order valence-corrected chi connectivity index (χ3v) is 2.94. The Morgan fingerprint density at radius 3 is 2.35 bits per heavy atom. The summed E-state index contributed by atoms with van der Waals surface area (Å²) in [5.41, 5.74) is -1.94. The first-order valence-electron chi connectivity index (χ1n) is 5.77. The lowest BCUT2D eigenvalue weighted by Crippen LogP contribution is -2.46. The lowest BCUT2D eigenvalue weighted by Gasteiger charge is -2.27. The number of carbonyl (C=O) groups excluding carboxylic acids is 1. The van der Waals surface area contributed by atoms with E-state index in [0.717, 1.165) is 12.1 Å². The van der Waals surface area contributed by atoms with Gasteiger partial charge in [-0.1, -0.05) is 6.07 Å². The molecule has 20 heavy (non-hydrogen) atoms. The molecule has 0 atom stereocenters. The summed E-state index contributed by atoms with van der Waals surface area (Å²) < 4.78 is 51.5. The molecule has 0 spiro atoms. The van der Waals surface area contributed by atoms with Crippen LogP contribution >= 0.6 is 12.4 Å². The van der Waals surface area contributed by atoms with Crippen molar-refractivity contribution in [1.29, 1.82) is 0 Å². The molecule has 8 heteroatoms. The van der Waals surface area contributed by atoms with Crippen LogP contribution in [0.25, 0.3) is 0 Å². The number of benzene rings is 1. The van der Waals surface area contributed by atoms with Crippen LogP contribution in [0.5, 0.6) is 0 Å². The molecule has 0 saturated carbocycles. The van der Waals surface area contributed by atoms with Gasteiger partial charge in [0.15, 0.2) is 0 Å². The van der Waals surface area contributed by atoms with Crippen LogP contribution in [0.4, 0.5) is 17.6 Å². The molecule has 0 unspecified atom stereocenters. The Hall–Kier alpha value is -1.34. The lowest BCUT2D eigenvalue weighted by atomic mass is 10.1. The molecule has 1 saturated heterocycles. The van der Waals surface area contributed by atoms with E-state index < -0.39 is 29.0 Å². The molecular weight excluding hydrogens is 300 g/mol. The van der Waals surface area contributed by atoms with Gasteiger partial charge in [-0.05, 0) is 12.1 Å². The van der Waals surface area contributed by atoms with Gasteiger partial charge in [0.05, 0.1) is 11.1 Å². The summed E-state index contributed by atoms with van der Waals surface area (Å²) in [6.45, 7) is 1.81. The van der Waals surface area contributed by atoms with Crippen molar-refractivity contribution in [2.75, 3.05) is 26.2 Å². The van der Waals surface area contributed by atoms with E-state index in [1.54, 1.807) is 0 Å². The molecule has 1 aromatic rings. The predicted octanol–water partition coefficient (Wildman–Crippen LogP) is 2.31. The second-order valence-electron chi connectivity index (χ2n) is 4.21. The van der Waals surface area contributed by atoms with Gasteiger partial charge in [0.1, 0.15) is 5.82 Å². The van der Waals surface area contributed by atoms with Gasteiger partial charge in [-0.2, -0.15) is 13.2 Å². The molecule has 1 N–H and O–H groups in total. The van der Waals surface area contributed by atoms with Gasteiger partial charge < -0.3 is 10.2 Å². The molecule has 0 aromatic heterocycles. The standard InChI is InChI=1S/C12H12F4N2O.ClH/c13-10-8(2-1-3-9(10)12(14,15)16)11(19)18-6-4-17-5-7-18;/h1-3,17H,4-7H2;1H. The van der Waals surface area contributed by atoms with E-state index in [9.17, 15) is 22.4 Å². The van der Waals surface area contributed by atoms with Crippen molar-refractivity contribution in [3.8, 4) is 0 Å². The Bertz CT molecular complexity index is 487. The summed E-state index contributed by atoms with van der Waals surface area (Å²) in [4.78, 5) is 13.3. The summed E-state index contributed by atoms with van der Waals surface area (Å²) in [7, 11) is 0. The molecule has 1 amide bonds. The van der Waals surface area contributed by atoms with E-state index >= 15 is 0 Å². The maximum absolute atomic E-state index is 13.8. The van der Waals surface area contributed by atoms with Crippen molar-refractivity contribution in [3.05, 3.63) is 35.1 Å². The average Bonchev–Trinajstić information content (AvgIpc) is 2.38. The van der Waals surface area contributed by atoms with Gasteiger partial charge in [0.25, 0.3) is 5.91 Å². The van der Waals surface area contributed by atoms with Crippen molar-refractivity contribution in [2.45, 2.75) is 6.18 Å². The highest BCUT2D eigenvalue weighted by molar-refractivity contribution is 5.94. The second kappa shape index (κ2) is 6.41. The van der Waals surface area contributed by atoms with Gasteiger partial charge in [0, 0.05) is 26.2 Å². The molecule has 1 aromatic carbocycles. The van der Waals surface area contributed by atoms with Crippen molar-refractivity contribution in [2.24, 2.45) is 0 Å². The Balaban J connectivity index is 0.00000200. The van der Waals surface area contributed by atoms with Crippen LogP contribution in [-0.4, -0.2) is 37.0 Å². The van der Waals surface area contributed by atoms with Crippen LogP contribution in [0.1, 0.15) is 15.9 Å². The van der Waals surface area contributed by atoms with Gasteiger partial charge >= 0.3 is 6.18 Å². The third-order valence-electron chi connectivity index (χ3n) is 2.94.